The summed E-state index contributed by atoms with van der Waals surface area (Å²) in [5, 5.41) is 11.7. The van der Waals surface area contributed by atoms with Gasteiger partial charge in [-0.15, -0.1) is 11.3 Å². The summed E-state index contributed by atoms with van der Waals surface area (Å²) in [6.45, 7) is 1.98. The lowest BCUT2D eigenvalue weighted by molar-refractivity contribution is 1.25. The molecule has 2 nitrogen and oxygen atoms in total. The first-order valence-electron chi connectivity index (χ1n) is 4.88. The number of thiazole rings is 1. The maximum Gasteiger partial charge on any atom is 0.116 e. The number of nitrogens with zero attached hydrogens (tertiary/aromatic N) is 2. The van der Waals surface area contributed by atoms with Crippen LogP contribution in [0, 0.1) is 18.3 Å². The summed E-state index contributed by atoms with van der Waals surface area (Å²) in [6.07, 6.45) is 3.98. The van der Waals surface area contributed by atoms with Crippen LogP contribution in [0.3, 0.4) is 0 Å². The van der Waals surface area contributed by atoms with Crippen LogP contribution in [-0.2, 0) is 0 Å². The molecule has 0 spiro atoms. The van der Waals surface area contributed by atoms with E-state index in [2.05, 4.69) is 11.1 Å². The zero-order valence-corrected chi connectivity index (χ0v) is 9.66. The van der Waals surface area contributed by atoms with Gasteiger partial charge >= 0.3 is 0 Å². The van der Waals surface area contributed by atoms with E-state index in [1.165, 1.54) is 0 Å². The Hall–Kier alpha value is -1.92. The molecule has 0 fully saturated rings. The molecule has 1 aromatic heterocycles. The normalized spacial score (nSPS) is 10.5. The molecule has 1 heterocycles. The van der Waals surface area contributed by atoms with Gasteiger partial charge < -0.3 is 0 Å². The molecule has 78 valence electrons. The van der Waals surface area contributed by atoms with E-state index in [0.29, 0.717) is 5.56 Å². The van der Waals surface area contributed by atoms with Gasteiger partial charge in [0.25, 0.3) is 0 Å². The highest BCUT2D eigenvalue weighted by molar-refractivity contribution is 7.10. The molecule has 0 N–H and O–H groups in total. The summed E-state index contributed by atoms with van der Waals surface area (Å²) >= 11 is 1.63. The van der Waals surface area contributed by atoms with Crippen molar-refractivity contribution in [2.24, 2.45) is 0 Å². The van der Waals surface area contributed by atoms with E-state index in [1.807, 2.05) is 48.7 Å². The zero-order chi connectivity index (χ0) is 11.4. The molecule has 0 aliphatic heterocycles. The highest BCUT2D eigenvalue weighted by Gasteiger charge is 1.93. The van der Waals surface area contributed by atoms with Crippen LogP contribution < -0.4 is 0 Å². The molecule has 0 amide bonds. The second-order valence-corrected chi connectivity index (χ2v) is 4.28. The molecule has 0 unspecified atom stereocenters. The van der Waals surface area contributed by atoms with Crippen LogP contribution in [0.2, 0.25) is 0 Å². The molecular formula is C13H10N2S. The van der Waals surface area contributed by atoms with E-state index in [1.54, 1.807) is 11.3 Å². The van der Waals surface area contributed by atoms with Gasteiger partial charge in [0.1, 0.15) is 5.01 Å². The Morgan fingerprint density at radius 1 is 1.25 bits per heavy atom. The summed E-state index contributed by atoms with van der Waals surface area (Å²) in [7, 11) is 0. The summed E-state index contributed by atoms with van der Waals surface area (Å²) in [5.41, 5.74) is 2.80. The molecule has 0 atom stereocenters. The first-order valence-corrected chi connectivity index (χ1v) is 5.76. The molecule has 2 aromatic rings. The Balaban J connectivity index is 2.15. The lowest BCUT2D eigenvalue weighted by Gasteiger charge is -1.92. The molecule has 3 heteroatoms. The number of hydrogen-bond donors (Lipinski definition) is 0. The van der Waals surface area contributed by atoms with E-state index >= 15 is 0 Å². The summed E-state index contributed by atoms with van der Waals surface area (Å²) in [4.78, 5) is 4.34. The number of benzene rings is 1. The fraction of sp³-hybridized carbons (Fsp3) is 0.0769. The van der Waals surface area contributed by atoms with Crippen molar-refractivity contribution in [1.82, 2.24) is 4.98 Å². The van der Waals surface area contributed by atoms with Gasteiger partial charge in [-0.2, -0.15) is 5.26 Å². The number of hydrogen-bond acceptors (Lipinski definition) is 3. The van der Waals surface area contributed by atoms with Gasteiger partial charge in [0.2, 0.25) is 0 Å². The van der Waals surface area contributed by atoms with Crippen LogP contribution >= 0.6 is 11.3 Å². The zero-order valence-electron chi connectivity index (χ0n) is 8.84. The molecule has 0 saturated carbocycles. The number of aromatic nitrogens is 1. The maximum absolute atomic E-state index is 8.66. The Morgan fingerprint density at radius 2 is 2.00 bits per heavy atom. The van der Waals surface area contributed by atoms with Crippen LogP contribution in [-0.4, -0.2) is 4.98 Å². The minimum atomic E-state index is 0.683. The average Bonchev–Trinajstić information content (AvgIpc) is 2.73. The van der Waals surface area contributed by atoms with Crippen LogP contribution in [0.25, 0.3) is 12.2 Å². The highest BCUT2D eigenvalue weighted by atomic mass is 32.1. The third-order valence-corrected chi connectivity index (χ3v) is 3.02. The van der Waals surface area contributed by atoms with Gasteiger partial charge in [-0.05, 0) is 30.7 Å². The minimum Gasteiger partial charge on any atom is -0.242 e. The van der Waals surface area contributed by atoms with Crippen LogP contribution in [0.15, 0.2) is 29.6 Å². The van der Waals surface area contributed by atoms with Gasteiger partial charge in [0.15, 0.2) is 0 Å². The van der Waals surface area contributed by atoms with Crippen molar-refractivity contribution < 1.29 is 0 Å². The number of rotatable bonds is 2. The van der Waals surface area contributed by atoms with Crippen molar-refractivity contribution in [3.8, 4) is 6.07 Å². The van der Waals surface area contributed by atoms with Crippen molar-refractivity contribution in [3.05, 3.63) is 51.5 Å². The molecule has 0 aliphatic carbocycles. The quantitative estimate of drug-likeness (QED) is 0.785. The van der Waals surface area contributed by atoms with E-state index in [4.69, 9.17) is 5.26 Å². The lowest BCUT2D eigenvalue weighted by Crippen LogP contribution is -1.75. The SMILES string of the molecule is Cc1csc(/C=C/c2ccc(C#N)cc2)n1. The van der Waals surface area contributed by atoms with Gasteiger partial charge in [-0.3, -0.25) is 0 Å². The topological polar surface area (TPSA) is 36.7 Å². The second-order valence-electron chi connectivity index (χ2n) is 3.39. The number of nitriles is 1. The second kappa shape index (κ2) is 4.73. The molecule has 0 radical (unpaired) electrons. The molecular weight excluding hydrogens is 216 g/mol. The average molecular weight is 226 g/mol. The fourth-order valence-corrected chi connectivity index (χ4v) is 1.97. The predicted octanol–water partition coefficient (Wildman–Crippen LogP) is 3.49. The van der Waals surface area contributed by atoms with E-state index in [9.17, 15) is 0 Å². The van der Waals surface area contributed by atoms with Crippen molar-refractivity contribution >= 4 is 23.5 Å². The third kappa shape index (κ3) is 2.56. The predicted molar refractivity (Wildman–Crippen MR) is 66.9 cm³/mol. The monoisotopic (exact) mass is 226 g/mol. The van der Waals surface area contributed by atoms with Crippen LogP contribution in [0.4, 0.5) is 0 Å². The molecule has 16 heavy (non-hydrogen) atoms. The smallest absolute Gasteiger partial charge is 0.116 e. The van der Waals surface area contributed by atoms with Crippen molar-refractivity contribution in [1.29, 1.82) is 5.26 Å². The maximum atomic E-state index is 8.66. The Labute approximate surface area is 98.5 Å². The van der Waals surface area contributed by atoms with E-state index < -0.39 is 0 Å². The first kappa shape index (κ1) is 10.6. The Morgan fingerprint density at radius 3 is 2.56 bits per heavy atom. The number of aryl methyl sites for hydroxylation is 1. The van der Waals surface area contributed by atoms with E-state index in [0.717, 1.165) is 16.3 Å². The van der Waals surface area contributed by atoms with Gasteiger partial charge in [-0.1, -0.05) is 18.2 Å². The summed E-state index contributed by atoms with van der Waals surface area (Å²) in [6, 6.07) is 9.57. The minimum absolute atomic E-state index is 0.683. The Bertz CT molecular complexity index is 544. The van der Waals surface area contributed by atoms with Crippen molar-refractivity contribution in [3.63, 3.8) is 0 Å². The highest BCUT2D eigenvalue weighted by Crippen LogP contribution is 2.13. The van der Waals surface area contributed by atoms with Crippen LogP contribution in [0.1, 0.15) is 21.8 Å². The summed E-state index contributed by atoms with van der Waals surface area (Å²) < 4.78 is 0. The van der Waals surface area contributed by atoms with Gasteiger partial charge in [-0.25, -0.2) is 4.98 Å². The van der Waals surface area contributed by atoms with Gasteiger partial charge in [0, 0.05) is 11.1 Å². The van der Waals surface area contributed by atoms with Gasteiger partial charge in [0.05, 0.1) is 11.6 Å². The third-order valence-electron chi connectivity index (χ3n) is 2.09. The largest absolute Gasteiger partial charge is 0.242 e. The molecule has 0 bridgehead atoms. The lowest BCUT2D eigenvalue weighted by atomic mass is 10.1. The molecule has 0 aliphatic rings. The standard InChI is InChI=1S/C13H10N2S/c1-10-9-16-13(15-10)7-6-11-2-4-12(8-14)5-3-11/h2-7,9H,1H3/b7-6+. The Kier molecular flexibility index (Phi) is 3.13. The molecule has 1 aromatic carbocycles. The van der Waals surface area contributed by atoms with Crippen molar-refractivity contribution in [2.75, 3.05) is 0 Å². The summed E-state index contributed by atoms with van der Waals surface area (Å²) in [5.74, 6) is 0. The molecule has 0 saturated heterocycles. The molecule has 2 rings (SSSR count). The fourth-order valence-electron chi connectivity index (χ4n) is 1.29. The van der Waals surface area contributed by atoms with Crippen molar-refractivity contribution in [2.45, 2.75) is 6.92 Å². The first-order chi connectivity index (χ1) is 7.78. The van der Waals surface area contributed by atoms with Crippen LogP contribution in [0.5, 0.6) is 0 Å². The van der Waals surface area contributed by atoms with E-state index in [-0.39, 0.29) is 0 Å².